The number of carboxylic acids is 1. The fraction of sp³-hybridized carbons (Fsp3) is 0.529. The molecule has 6 heteroatoms. The second-order valence-corrected chi connectivity index (χ2v) is 6.07. The van der Waals surface area contributed by atoms with Gasteiger partial charge in [-0.3, -0.25) is 4.79 Å². The molecule has 0 aromatic heterocycles. The van der Waals surface area contributed by atoms with Crippen molar-refractivity contribution in [3.8, 4) is 0 Å². The molecule has 0 radical (unpaired) electrons. The lowest BCUT2D eigenvalue weighted by Gasteiger charge is -2.27. The molecule has 6 nitrogen and oxygen atoms in total. The maximum atomic E-state index is 12.0. The Labute approximate surface area is 135 Å². The molecule has 4 N–H and O–H groups in total. The topological polar surface area (TPSA) is 98.7 Å². The van der Waals surface area contributed by atoms with E-state index in [1.54, 1.807) is 0 Å². The summed E-state index contributed by atoms with van der Waals surface area (Å²) < 4.78 is 0. The van der Waals surface area contributed by atoms with Crippen molar-refractivity contribution in [2.45, 2.75) is 44.2 Å². The fourth-order valence-corrected chi connectivity index (χ4v) is 2.96. The van der Waals surface area contributed by atoms with Gasteiger partial charge in [0.1, 0.15) is 0 Å². The van der Waals surface area contributed by atoms with Gasteiger partial charge >= 0.3 is 12.0 Å². The maximum Gasteiger partial charge on any atom is 0.315 e. The van der Waals surface area contributed by atoms with Gasteiger partial charge in [0.25, 0.3) is 0 Å². The van der Waals surface area contributed by atoms with Crippen LogP contribution in [0.25, 0.3) is 0 Å². The zero-order valence-corrected chi connectivity index (χ0v) is 13.1. The van der Waals surface area contributed by atoms with Gasteiger partial charge in [-0.25, -0.2) is 4.79 Å². The van der Waals surface area contributed by atoms with E-state index in [0.29, 0.717) is 32.1 Å². The van der Waals surface area contributed by atoms with Crippen LogP contribution in [-0.4, -0.2) is 40.9 Å². The molecule has 1 fully saturated rings. The van der Waals surface area contributed by atoms with E-state index in [1.165, 1.54) is 0 Å². The first-order chi connectivity index (χ1) is 11.1. The number of rotatable bonds is 6. The summed E-state index contributed by atoms with van der Waals surface area (Å²) in [5, 5.41) is 24.1. The monoisotopic (exact) mass is 320 g/mol. The molecule has 0 saturated heterocycles. The summed E-state index contributed by atoms with van der Waals surface area (Å²) in [5.74, 6) is -1.05. The molecular weight excluding hydrogens is 296 g/mol. The van der Waals surface area contributed by atoms with E-state index in [2.05, 4.69) is 10.6 Å². The number of nitrogens with one attached hydrogen (secondary N) is 2. The summed E-state index contributed by atoms with van der Waals surface area (Å²) in [6.45, 7) is -0.131. The highest BCUT2D eigenvalue weighted by molar-refractivity contribution is 5.74. The molecule has 2 rings (SSSR count). The molecule has 1 aromatic carbocycles. The molecule has 0 aliphatic heterocycles. The number of aliphatic hydroxyl groups is 1. The van der Waals surface area contributed by atoms with Crippen LogP contribution in [0.2, 0.25) is 0 Å². The van der Waals surface area contributed by atoms with Crippen molar-refractivity contribution in [3.05, 3.63) is 35.9 Å². The number of urea groups is 1. The van der Waals surface area contributed by atoms with Crippen molar-refractivity contribution in [2.75, 3.05) is 6.61 Å². The Bertz CT molecular complexity index is 513. The minimum atomic E-state index is -0.754. The molecule has 1 aliphatic carbocycles. The molecule has 1 saturated carbocycles. The van der Waals surface area contributed by atoms with Crippen LogP contribution < -0.4 is 10.6 Å². The van der Waals surface area contributed by atoms with E-state index in [-0.39, 0.29) is 30.6 Å². The van der Waals surface area contributed by atoms with Gasteiger partial charge in [0.2, 0.25) is 0 Å². The number of benzene rings is 1. The van der Waals surface area contributed by atoms with Crippen molar-refractivity contribution in [3.63, 3.8) is 0 Å². The number of aliphatic carboxylic acids is 1. The summed E-state index contributed by atoms with van der Waals surface area (Å²) in [5.41, 5.74) is 1.05. The van der Waals surface area contributed by atoms with E-state index in [0.717, 1.165) is 5.56 Å². The lowest BCUT2D eigenvalue weighted by atomic mass is 9.86. The first kappa shape index (κ1) is 17.3. The van der Waals surface area contributed by atoms with Crippen LogP contribution in [0.3, 0.4) is 0 Å². The zero-order chi connectivity index (χ0) is 16.7. The minimum absolute atomic E-state index is 0.00154. The maximum absolute atomic E-state index is 12.0. The Morgan fingerprint density at radius 2 is 1.78 bits per heavy atom. The van der Waals surface area contributed by atoms with E-state index in [4.69, 9.17) is 5.11 Å². The second-order valence-electron chi connectivity index (χ2n) is 6.07. The van der Waals surface area contributed by atoms with Gasteiger partial charge in [0.15, 0.2) is 0 Å². The molecule has 0 bridgehead atoms. The van der Waals surface area contributed by atoms with Crippen LogP contribution in [-0.2, 0) is 11.2 Å². The predicted molar refractivity (Wildman–Crippen MR) is 86.1 cm³/mol. The Kier molecular flexibility index (Phi) is 6.40. The van der Waals surface area contributed by atoms with Gasteiger partial charge in [0.05, 0.1) is 18.6 Å². The number of hydrogen-bond donors (Lipinski definition) is 4. The van der Waals surface area contributed by atoms with Crippen molar-refractivity contribution in [2.24, 2.45) is 5.92 Å². The van der Waals surface area contributed by atoms with Crippen molar-refractivity contribution in [1.82, 2.24) is 10.6 Å². The lowest BCUT2D eigenvalue weighted by Crippen LogP contribution is -2.49. The summed E-state index contributed by atoms with van der Waals surface area (Å²) >= 11 is 0. The average Bonchev–Trinajstić information content (AvgIpc) is 2.55. The van der Waals surface area contributed by atoms with Gasteiger partial charge in [-0.1, -0.05) is 30.3 Å². The molecule has 2 amide bonds. The Balaban J connectivity index is 1.76. The van der Waals surface area contributed by atoms with Crippen LogP contribution in [0, 0.1) is 5.92 Å². The number of carbonyl (C=O) groups excluding carboxylic acids is 1. The van der Waals surface area contributed by atoms with Gasteiger partial charge in [-0.15, -0.1) is 0 Å². The van der Waals surface area contributed by atoms with Crippen molar-refractivity contribution < 1.29 is 19.8 Å². The van der Waals surface area contributed by atoms with E-state index in [1.807, 2.05) is 30.3 Å². The van der Waals surface area contributed by atoms with Crippen LogP contribution in [0.1, 0.15) is 31.2 Å². The third-order valence-corrected chi connectivity index (χ3v) is 4.29. The summed E-state index contributed by atoms with van der Waals surface area (Å²) in [4.78, 5) is 23.0. The molecule has 126 valence electrons. The molecule has 0 heterocycles. The molecule has 0 unspecified atom stereocenters. The SMILES string of the molecule is O=C(NC1CCC(C(=O)O)CC1)N[C@H](CO)Cc1ccccc1. The standard InChI is InChI=1S/C17H24N2O4/c20-11-15(10-12-4-2-1-3-5-12)19-17(23)18-14-8-6-13(7-9-14)16(21)22/h1-5,13-15,20H,6-11H2,(H,21,22)(H2,18,19,23)/t13?,14?,15-/m0/s1. The first-order valence-electron chi connectivity index (χ1n) is 8.03. The smallest absolute Gasteiger partial charge is 0.315 e. The Hall–Kier alpha value is -2.08. The zero-order valence-electron chi connectivity index (χ0n) is 13.1. The van der Waals surface area contributed by atoms with E-state index >= 15 is 0 Å². The fourth-order valence-electron chi connectivity index (χ4n) is 2.96. The summed E-state index contributed by atoms with van der Waals surface area (Å²) in [6, 6.07) is 9.03. The van der Waals surface area contributed by atoms with E-state index < -0.39 is 5.97 Å². The van der Waals surface area contributed by atoms with E-state index in [9.17, 15) is 14.7 Å². The van der Waals surface area contributed by atoms with Gasteiger partial charge in [-0.2, -0.15) is 0 Å². The molecule has 1 aliphatic rings. The highest BCUT2D eigenvalue weighted by atomic mass is 16.4. The van der Waals surface area contributed by atoms with Gasteiger partial charge in [0, 0.05) is 6.04 Å². The van der Waals surface area contributed by atoms with Crippen molar-refractivity contribution >= 4 is 12.0 Å². The molecule has 23 heavy (non-hydrogen) atoms. The molecular formula is C17H24N2O4. The van der Waals surface area contributed by atoms with Gasteiger partial charge < -0.3 is 20.8 Å². The molecule has 1 atom stereocenters. The first-order valence-corrected chi connectivity index (χ1v) is 8.03. The Morgan fingerprint density at radius 3 is 2.35 bits per heavy atom. The number of carboxylic acid groups (broad SMARTS) is 1. The van der Waals surface area contributed by atoms with Crippen molar-refractivity contribution in [1.29, 1.82) is 0 Å². The summed E-state index contributed by atoms with van der Waals surface area (Å²) in [6.07, 6.45) is 3.09. The van der Waals surface area contributed by atoms with Gasteiger partial charge in [-0.05, 0) is 37.7 Å². The largest absolute Gasteiger partial charge is 0.481 e. The van der Waals surface area contributed by atoms with Crippen LogP contribution in [0.15, 0.2) is 30.3 Å². The number of hydrogen-bond acceptors (Lipinski definition) is 3. The second kappa shape index (κ2) is 8.53. The number of aliphatic hydroxyl groups excluding tert-OH is 1. The average molecular weight is 320 g/mol. The normalized spacial score (nSPS) is 22.1. The van der Waals surface area contributed by atoms with Crippen LogP contribution >= 0.6 is 0 Å². The minimum Gasteiger partial charge on any atom is -0.481 e. The Morgan fingerprint density at radius 1 is 1.13 bits per heavy atom. The number of carbonyl (C=O) groups is 2. The lowest BCUT2D eigenvalue weighted by molar-refractivity contribution is -0.142. The third-order valence-electron chi connectivity index (χ3n) is 4.29. The third kappa shape index (κ3) is 5.56. The summed E-state index contributed by atoms with van der Waals surface area (Å²) in [7, 11) is 0. The molecule has 1 aromatic rings. The predicted octanol–water partition coefficient (Wildman–Crippen LogP) is 1.53. The quantitative estimate of drug-likeness (QED) is 0.639. The highest BCUT2D eigenvalue weighted by Gasteiger charge is 2.27. The highest BCUT2D eigenvalue weighted by Crippen LogP contribution is 2.24. The molecule has 0 spiro atoms. The number of amides is 2. The van der Waals surface area contributed by atoms with Crippen LogP contribution in [0.4, 0.5) is 4.79 Å². The van der Waals surface area contributed by atoms with Crippen LogP contribution in [0.5, 0.6) is 0 Å².